The normalized spacial score (nSPS) is 12.1. The zero-order valence-corrected chi connectivity index (χ0v) is 12.3. The molecule has 0 N–H and O–H groups in total. The lowest BCUT2D eigenvalue weighted by Crippen LogP contribution is -1.82. The Labute approximate surface area is 105 Å². The minimum absolute atomic E-state index is 1.19. The standard InChI is InChI=1S/C15H30P/c1-3-5-7-8-9-10-11-12-13-15-16-14-6-4-2/h6,14H,3-5,7-13,15H2,1-2H3. The lowest BCUT2D eigenvalue weighted by atomic mass is 10.1. The van der Waals surface area contributed by atoms with Crippen molar-refractivity contribution in [1.29, 1.82) is 0 Å². The van der Waals surface area contributed by atoms with E-state index in [1.54, 1.807) is 0 Å². The third kappa shape index (κ3) is 14.2. The van der Waals surface area contributed by atoms with Crippen LogP contribution in [0.4, 0.5) is 0 Å². The molecule has 0 fully saturated rings. The van der Waals surface area contributed by atoms with Crippen molar-refractivity contribution in [2.45, 2.75) is 78.1 Å². The van der Waals surface area contributed by atoms with Crippen molar-refractivity contribution in [3.63, 3.8) is 0 Å². The Morgan fingerprint density at radius 1 is 0.750 bits per heavy atom. The molecule has 16 heavy (non-hydrogen) atoms. The molecule has 0 aromatic carbocycles. The number of hydrogen-bond donors (Lipinski definition) is 0. The van der Waals surface area contributed by atoms with Gasteiger partial charge in [-0.2, -0.15) is 0 Å². The van der Waals surface area contributed by atoms with Gasteiger partial charge in [0.25, 0.3) is 0 Å². The maximum atomic E-state index is 2.31. The summed E-state index contributed by atoms with van der Waals surface area (Å²) in [7, 11) is 1.52. The molecule has 0 aliphatic carbocycles. The third-order valence-corrected chi connectivity index (χ3v) is 3.83. The van der Waals surface area contributed by atoms with E-state index in [2.05, 4.69) is 25.7 Å². The van der Waals surface area contributed by atoms with Crippen molar-refractivity contribution in [3.05, 3.63) is 11.9 Å². The zero-order valence-electron chi connectivity index (χ0n) is 11.4. The van der Waals surface area contributed by atoms with E-state index in [-0.39, 0.29) is 0 Å². The second kappa shape index (κ2) is 15.2. The maximum absolute atomic E-state index is 2.31. The van der Waals surface area contributed by atoms with Crippen molar-refractivity contribution in [2.24, 2.45) is 0 Å². The highest BCUT2D eigenvalue weighted by atomic mass is 31.1. The predicted molar refractivity (Wildman–Crippen MR) is 78.4 cm³/mol. The number of allylic oxidation sites excluding steroid dienone is 1. The van der Waals surface area contributed by atoms with Gasteiger partial charge in [0.15, 0.2) is 0 Å². The van der Waals surface area contributed by atoms with Gasteiger partial charge < -0.3 is 0 Å². The Morgan fingerprint density at radius 2 is 1.31 bits per heavy atom. The van der Waals surface area contributed by atoms with Crippen molar-refractivity contribution in [2.75, 3.05) is 6.16 Å². The molecule has 95 valence electrons. The summed E-state index contributed by atoms with van der Waals surface area (Å²) in [5.41, 5.74) is 0. The molecule has 0 spiro atoms. The van der Waals surface area contributed by atoms with Gasteiger partial charge in [-0.1, -0.05) is 85.7 Å². The van der Waals surface area contributed by atoms with Crippen LogP contribution in [-0.2, 0) is 0 Å². The highest BCUT2D eigenvalue weighted by molar-refractivity contribution is 7.41. The van der Waals surface area contributed by atoms with E-state index in [0.717, 1.165) is 0 Å². The van der Waals surface area contributed by atoms with E-state index >= 15 is 0 Å². The first kappa shape index (κ1) is 16.2. The summed E-state index contributed by atoms with van der Waals surface area (Å²) in [6.45, 7) is 4.48. The van der Waals surface area contributed by atoms with Crippen LogP contribution >= 0.6 is 8.58 Å². The van der Waals surface area contributed by atoms with Gasteiger partial charge in [-0.15, -0.1) is 0 Å². The Hall–Kier alpha value is 0.170. The lowest BCUT2D eigenvalue weighted by Gasteiger charge is -2.00. The fourth-order valence-electron chi connectivity index (χ4n) is 1.77. The molecule has 0 amide bonds. The highest BCUT2D eigenvalue weighted by Crippen LogP contribution is 2.16. The summed E-state index contributed by atoms with van der Waals surface area (Å²) in [5.74, 6) is 2.31. The molecule has 0 nitrogen and oxygen atoms in total. The van der Waals surface area contributed by atoms with E-state index in [4.69, 9.17) is 0 Å². The smallest absolute Gasteiger partial charge is 0.0250 e. The average molecular weight is 241 g/mol. The first-order valence-electron chi connectivity index (χ1n) is 7.23. The topological polar surface area (TPSA) is 0 Å². The van der Waals surface area contributed by atoms with Gasteiger partial charge in [-0.05, 0) is 19.0 Å². The summed E-state index contributed by atoms with van der Waals surface area (Å²) < 4.78 is 0. The SMILES string of the molecule is CCC=C[P]CCCCCCCCCCC. The van der Waals surface area contributed by atoms with Crippen molar-refractivity contribution < 1.29 is 0 Å². The second-order valence-corrected chi connectivity index (χ2v) is 5.64. The number of unbranched alkanes of at least 4 members (excludes halogenated alkanes) is 8. The molecule has 0 atom stereocenters. The van der Waals surface area contributed by atoms with Gasteiger partial charge in [0, 0.05) is 0 Å². The monoisotopic (exact) mass is 241 g/mol. The van der Waals surface area contributed by atoms with Crippen LogP contribution in [0.3, 0.4) is 0 Å². The van der Waals surface area contributed by atoms with Gasteiger partial charge in [-0.3, -0.25) is 0 Å². The van der Waals surface area contributed by atoms with E-state index in [0.29, 0.717) is 0 Å². The Balaban J connectivity index is 2.90. The van der Waals surface area contributed by atoms with E-state index in [1.807, 2.05) is 0 Å². The molecule has 0 aliphatic heterocycles. The number of rotatable bonds is 12. The van der Waals surface area contributed by atoms with Crippen molar-refractivity contribution in [3.8, 4) is 0 Å². The molecule has 0 bridgehead atoms. The second-order valence-electron chi connectivity index (χ2n) is 4.53. The van der Waals surface area contributed by atoms with Gasteiger partial charge in [0.05, 0.1) is 0 Å². The quantitative estimate of drug-likeness (QED) is 0.274. The molecular formula is C15H30P. The molecule has 0 unspecified atom stereocenters. The lowest BCUT2D eigenvalue weighted by molar-refractivity contribution is 0.573. The van der Waals surface area contributed by atoms with E-state index < -0.39 is 0 Å². The van der Waals surface area contributed by atoms with Crippen LogP contribution in [0.25, 0.3) is 0 Å². The molecule has 0 aliphatic rings. The largest absolute Gasteiger partial charge is 0.0840 e. The summed E-state index contributed by atoms with van der Waals surface area (Å²) >= 11 is 0. The van der Waals surface area contributed by atoms with Gasteiger partial charge in [0.2, 0.25) is 0 Å². The van der Waals surface area contributed by atoms with Gasteiger partial charge in [0.1, 0.15) is 0 Å². The van der Waals surface area contributed by atoms with Crippen LogP contribution in [-0.4, -0.2) is 6.16 Å². The summed E-state index contributed by atoms with van der Waals surface area (Å²) in [6, 6.07) is 0. The van der Waals surface area contributed by atoms with Crippen LogP contribution in [0, 0.1) is 0 Å². The first-order chi connectivity index (χ1) is 7.91. The van der Waals surface area contributed by atoms with Crippen LogP contribution in [0.5, 0.6) is 0 Å². The van der Waals surface area contributed by atoms with Crippen molar-refractivity contribution >= 4 is 8.58 Å². The Kier molecular flexibility index (Phi) is 15.3. The Bertz CT molecular complexity index is 140. The van der Waals surface area contributed by atoms with Crippen LogP contribution in [0.1, 0.15) is 78.1 Å². The summed E-state index contributed by atoms with van der Waals surface area (Å²) in [5, 5.41) is 0. The molecule has 0 saturated heterocycles. The maximum Gasteiger partial charge on any atom is -0.0250 e. The summed E-state index contributed by atoms with van der Waals surface area (Å²) in [4.78, 5) is 0. The fraction of sp³-hybridized carbons (Fsp3) is 0.867. The van der Waals surface area contributed by atoms with Gasteiger partial charge >= 0.3 is 0 Å². The molecule has 0 aromatic rings. The molecular weight excluding hydrogens is 211 g/mol. The molecule has 0 rings (SSSR count). The Morgan fingerprint density at radius 3 is 1.88 bits per heavy atom. The third-order valence-electron chi connectivity index (χ3n) is 2.84. The van der Waals surface area contributed by atoms with E-state index in [1.165, 1.54) is 79.0 Å². The minimum atomic E-state index is 1.19. The molecule has 1 radical (unpaired) electrons. The number of hydrogen-bond acceptors (Lipinski definition) is 0. The summed E-state index contributed by atoms with van der Waals surface area (Å²) in [6.07, 6.45) is 17.8. The van der Waals surface area contributed by atoms with Gasteiger partial charge in [-0.25, -0.2) is 0 Å². The minimum Gasteiger partial charge on any atom is -0.0840 e. The molecule has 0 aromatic heterocycles. The first-order valence-corrected chi connectivity index (χ1v) is 8.38. The highest BCUT2D eigenvalue weighted by Gasteiger charge is 1.91. The van der Waals surface area contributed by atoms with Crippen LogP contribution < -0.4 is 0 Å². The fourth-order valence-corrected chi connectivity index (χ4v) is 2.68. The van der Waals surface area contributed by atoms with E-state index in [9.17, 15) is 0 Å². The molecule has 0 heterocycles. The van der Waals surface area contributed by atoms with Crippen LogP contribution in [0.2, 0.25) is 0 Å². The van der Waals surface area contributed by atoms with Crippen molar-refractivity contribution in [1.82, 2.24) is 0 Å². The average Bonchev–Trinajstić information content (AvgIpc) is 2.31. The molecule has 1 heteroatoms. The molecule has 0 saturated carbocycles. The zero-order chi connectivity index (χ0) is 11.9. The van der Waals surface area contributed by atoms with Crippen LogP contribution in [0.15, 0.2) is 11.9 Å². The predicted octanol–water partition coefficient (Wildman–Crippen LogP) is 6.39.